The van der Waals surface area contributed by atoms with Crippen LogP contribution >= 0.6 is 11.6 Å². The predicted octanol–water partition coefficient (Wildman–Crippen LogP) is 3.63. The number of rotatable bonds is 2. The molecule has 0 spiro atoms. The monoisotopic (exact) mass is 239 g/mol. The van der Waals surface area contributed by atoms with Gasteiger partial charge >= 0.3 is 0 Å². The number of ether oxygens (including phenoxy) is 1. The Labute approximate surface area is 102 Å². The molecule has 1 aliphatic heterocycles. The summed E-state index contributed by atoms with van der Waals surface area (Å²) in [5, 5.41) is 4.34. The molecule has 0 saturated carbocycles. The molecule has 2 unspecified atom stereocenters. The zero-order valence-corrected chi connectivity index (χ0v) is 10.6. The zero-order valence-electron chi connectivity index (χ0n) is 9.79. The molecule has 0 bridgehead atoms. The van der Waals surface area contributed by atoms with E-state index in [2.05, 4.69) is 18.3 Å². The Bertz CT molecular complexity index is 367. The Morgan fingerprint density at radius 2 is 2.25 bits per heavy atom. The highest BCUT2D eigenvalue weighted by atomic mass is 35.5. The molecule has 0 aromatic heterocycles. The van der Waals surface area contributed by atoms with Gasteiger partial charge in [-0.1, -0.05) is 17.7 Å². The summed E-state index contributed by atoms with van der Waals surface area (Å²) in [5.41, 5.74) is 2.22. The van der Waals surface area contributed by atoms with E-state index in [4.69, 9.17) is 16.3 Å². The van der Waals surface area contributed by atoms with E-state index in [0.717, 1.165) is 35.7 Å². The number of aryl methyl sites for hydroxylation is 1. The fraction of sp³-hybridized carbons (Fsp3) is 0.538. The first-order valence-electron chi connectivity index (χ1n) is 5.79. The molecule has 1 aliphatic rings. The van der Waals surface area contributed by atoms with E-state index in [1.807, 2.05) is 19.1 Å². The van der Waals surface area contributed by atoms with E-state index in [1.54, 1.807) is 0 Å². The molecule has 88 valence electrons. The molecule has 0 aliphatic carbocycles. The zero-order chi connectivity index (χ0) is 11.5. The van der Waals surface area contributed by atoms with Crippen LogP contribution in [-0.2, 0) is 4.74 Å². The molecule has 2 nitrogen and oxygen atoms in total. The molecular formula is C13H18ClNO. The summed E-state index contributed by atoms with van der Waals surface area (Å²) < 4.78 is 5.52. The first kappa shape index (κ1) is 11.7. The average molecular weight is 240 g/mol. The van der Waals surface area contributed by atoms with Gasteiger partial charge < -0.3 is 10.1 Å². The highest BCUT2D eigenvalue weighted by Crippen LogP contribution is 2.23. The minimum atomic E-state index is 0.354. The quantitative estimate of drug-likeness (QED) is 0.851. The third-order valence-electron chi connectivity index (χ3n) is 3.03. The van der Waals surface area contributed by atoms with Gasteiger partial charge in [-0.3, -0.25) is 0 Å². The van der Waals surface area contributed by atoms with Crippen LogP contribution < -0.4 is 5.32 Å². The minimum Gasteiger partial charge on any atom is -0.382 e. The van der Waals surface area contributed by atoms with E-state index in [1.165, 1.54) is 0 Å². The lowest BCUT2D eigenvalue weighted by atomic mass is 10.0. The maximum atomic E-state index is 6.10. The highest BCUT2D eigenvalue weighted by molar-refractivity contribution is 6.31. The van der Waals surface area contributed by atoms with Gasteiger partial charge in [0.2, 0.25) is 0 Å². The number of anilines is 1. The lowest BCUT2D eigenvalue weighted by Gasteiger charge is -2.28. The average Bonchev–Trinajstić information content (AvgIpc) is 2.24. The van der Waals surface area contributed by atoms with Crippen molar-refractivity contribution in [2.45, 2.75) is 38.8 Å². The summed E-state index contributed by atoms with van der Waals surface area (Å²) in [6.45, 7) is 4.98. The van der Waals surface area contributed by atoms with Gasteiger partial charge in [0.15, 0.2) is 0 Å². The van der Waals surface area contributed by atoms with Crippen molar-refractivity contribution in [3.05, 3.63) is 28.8 Å². The second kappa shape index (κ2) is 5.07. The molecule has 1 fully saturated rings. The summed E-state index contributed by atoms with van der Waals surface area (Å²) in [5.74, 6) is 0. The van der Waals surface area contributed by atoms with E-state index < -0.39 is 0 Å². The van der Waals surface area contributed by atoms with Gasteiger partial charge in [-0.15, -0.1) is 0 Å². The molecule has 1 aromatic rings. The van der Waals surface area contributed by atoms with Crippen molar-refractivity contribution in [1.82, 2.24) is 0 Å². The first-order valence-corrected chi connectivity index (χ1v) is 6.17. The summed E-state index contributed by atoms with van der Waals surface area (Å²) in [7, 11) is 0. The summed E-state index contributed by atoms with van der Waals surface area (Å²) >= 11 is 6.10. The Morgan fingerprint density at radius 1 is 1.44 bits per heavy atom. The van der Waals surface area contributed by atoms with Gasteiger partial charge in [-0.25, -0.2) is 0 Å². The SMILES string of the molecule is Cc1ccc(NC2CCOC(C)C2)cc1Cl. The second-order valence-electron chi connectivity index (χ2n) is 4.51. The first-order chi connectivity index (χ1) is 7.65. The number of benzene rings is 1. The third-order valence-corrected chi connectivity index (χ3v) is 3.43. The van der Waals surface area contributed by atoms with Gasteiger partial charge in [-0.05, 0) is 44.4 Å². The van der Waals surface area contributed by atoms with Crippen molar-refractivity contribution < 1.29 is 4.74 Å². The number of halogens is 1. The van der Waals surface area contributed by atoms with Crippen molar-refractivity contribution >= 4 is 17.3 Å². The molecule has 1 aromatic carbocycles. The molecule has 0 amide bonds. The lowest BCUT2D eigenvalue weighted by Crippen LogP contribution is -2.32. The lowest BCUT2D eigenvalue weighted by molar-refractivity contribution is 0.0232. The summed E-state index contributed by atoms with van der Waals surface area (Å²) in [4.78, 5) is 0. The summed E-state index contributed by atoms with van der Waals surface area (Å²) in [6.07, 6.45) is 2.48. The molecular weight excluding hydrogens is 222 g/mol. The molecule has 2 atom stereocenters. The van der Waals surface area contributed by atoms with Crippen molar-refractivity contribution in [3.8, 4) is 0 Å². The molecule has 1 heterocycles. The Morgan fingerprint density at radius 3 is 2.94 bits per heavy atom. The van der Waals surface area contributed by atoms with Crippen molar-refractivity contribution in [2.24, 2.45) is 0 Å². The topological polar surface area (TPSA) is 21.3 Å². The Hall–Kier alpha value is -0.730. The molecule has 3 heteroatoms. The maximum Gasteiger partial charge on any atom is 0.0566 e. The van der Waals surface area contributed by atoms with Crippen molar-refractivity contribution in [1.29, 1.82) is 0 Å². The van der Waals surface area contributed by atoms with Crippen LogP contribution in [0.4, 0.5) is 5.69 Å². The van der Waals surface area contributed by atoms with E-state index in [0.29, 0.717) is 12.1 Å². The van der Waals surface area contributed by atoms with Crippen LogP contribution in [0.5, 0.6) is 0 Å². The molecule has 0 radical (unpaired) electrons. The van der Waals surface area contributed by atoms with Crippen LogP contribution in [0.1, 0.15) is 25.3 Å². The van der Waals surface area contributed by atoms with Crippen molar-refractivity contribution in [3.63, 3.8) is 0 Å². The summed E-state index contributed by atoms with van der Waals surface area (Å²) in [6, 6.07) is 6.63. The van der Waals surface area contributed by atoms with Gasteiger partial charge in [0.1, 0.15) is 0 Å². The van der Waals surface area contributed by atoms with E-state index in [-0.39, 0.29) is 0 Å². The van der Waals surface area contributed by atoms with Crippen LogP contribution in [0.25, 0.3) is 0 Å². The van der Waals surface area contributed by atoms with Gasteiger partial charge in [0, 0.05) is 23.4 Å². The van der Waals surface area contributed by atoms with Gasteiger partial charge in [-0.2, -0.15) is 0 Å². The second-order valence-corrected chi connectivity index (χ2v) is 4.92. The van der Waals surface area contributed by atoms with Gasteiger partial charge in [0.25, 0.3) is 0 Å². The fourth-order valence-corrected chi connectivity index (χ4v) is 2.23. The standard InChI is InChI=1S/C13H18ClNO/c1-9-3-4-11(8-13(9)14)15-12-5-6-16-10(2)7-12/h3-4,8,10,12,15H,5-7H2,1-2H3. The van der Waals surface area contributed by atoms with Crippen LogP contribution in [0.2, 0.25) is 5.02 Å². The number of hydrogen-bond donors (Lipinski definition) is 1. The predicted molar refractivity (Wildman–Crippen MR) is 68.2 cm³/mol. The van der Waals surface area contributed by atoms with E-state index in [9.17, 15) is 0 Å². The maximum absolute atomic E-state index is 6.10. The Balaban J connectivity index is 2.00. The molecule has 2 rings (SSSR count). The number of nitrogens with one attached hydrogen (secondary N) is 1. The fourth-order valence-electron chi connectivity index (χ4n) is 2.05. The molecule has 1 saturated heterocycles. The van der Waals surface area contributed by atoms with Crippen LogP contribution in [-0.4, -0.2) is 18.8 Å². The van der Waals surface area contributed by atoms with Crippen LogP contribution in [0.15, 0.2) is 18.2 Å². The smallest absolute Gasteiger partial charge is 0.0566 e. The van der Waals surface area contributed by atoms with Crippen LogP contribution in [0, 0.1) is 6.92 Å². The number of hydrogen-bond acceptors (Lipinski definition) is 2. The third kappa shape index (κ3) is 2.89. The van der Waals surface area contributed by atoms with Crippen LogP contribution in [0.3, 0.4) is 0 Å². The largest absolute Gasteiger partial charge is 0.382 e. The normalized spacial score (nSPS) is 25.4. The minimum absolute atomic E-state index is 0.354. The Kier molecular flexibility index (Phi) is 3.72. The van der Waals surface area contributed by atoms with Crippen molar-refractivity contribution in [2.75, 3.05) is 11.9 Å². The van der Waals surface area contributed by atoms with E-state index >= 15 is 0 Å². The van der Waals surface area contributed by atoms with Gasteiger partial charge in [0.05, 0.1) is 6.10 Å². The molecule has 16 heavy (non-hydrogen) atoms. The highest BCUT2D eigenvalue weighted by Gasteiger charge is 2.18. The molecule has 1 N–H and O–H groups in total.